The van der Waals surface area contributed by atoms with Crippen LogP contribution in [0.3, 0.4) is 0 Å². The highest BCUT2D eigenvalue weighted by molar-refractivity contribution is 5.89. The Kier molecular flexibility index (Phi) is 9.30. The molecule has 0 unspecified atom stereocenters. The number of carbonyl (C=O) groups is 1. The van der Waals surface area contributed by atoms with Gasteiger partial charge in [-0.2, -0.15) is 0 Å². The molecule has 0 spiro atoms. The number of nitrogens with one attached hydrogen (secondary N) is 2. The molecule has 0 atom stereocenters. The second kappa shape index (κ2) is 12.1. The van der Waals surface area contributed by atoms with Crippen LogP contribution in [-0.2, 0) is 6.42 Å². The molecule has 0 aromatic heterocycles. The van der Waals surface area contributed by atoms with E-state index < -0.39 is 0 Å². The second-order valence-corrected chi connectivity index (χ2v) is 6.53. The Hall–Kier alpha value is -2.33. The number of hydrogen-bond acceptors (Lipinski definition) is 2. The summed E-state index contributed by atoms with van der Waals surface area (Å²) in [6.07, 6.45) is 4.66. The minimum atomic E-state index is -0.142. The van der Waals surface area contributed by atoms with Crippen molar-refractivity contribution in [3.05, 3.63) is 66.2 Å². The van der Waals surface area contributed by atoms with Gasteiger partial charge in [0.2, 0.25) is 0 Å². The maximum atomic E-state index is 11.9. The van der Waals surface area contributed by atoms with Gasteiger partial charge in [-0.05, 0) is 56.5 Å². The lowest BCUT2D eigenvalue weighted by molar-refractivity contribution is 0.243. The van der Waals surface area contributed by atoms with Crippen LogP contribution < -0.4 is 10.6 Å². The maximum Gasteiger partial charge on any atom is 0.319 e. The van der Waals surface area contributed by atoms with Gasteiger partial charge < -0.3 is 15.5 Å². The van der Waals surface area contributed by atoms with Crippen LogP contribution >= 0.6 is 0 Å². The molecule has 0 fully saturated rings. The predicted octanol–water partition coefficient (Wildman–Crippen LogP) is 4.54. The Morgan fingerprint density at radius 2 is 1.58 bits per heavy atom. The van der Waals surface area contributed by atoms with E-state index in [1.165, 1.54) is 18.4 Å². The molecule has 0 heterocycles. The van der Waals surface area contributed by atoms with Crippen LogP contribution in [0.1, 0.15) is 31.7 Å². The van der Waals surface area contributed by atoms with Crippen LogP contribution in [0.5, 0.6) is 0 Å². The summed E-state index contributed by atoms with van der Waals surface area (Å²) in [6.45, 7) is 5.92. The molecular weight excluding hydrogens is 322 g/mol. The highest BCUT2D eigenvalue weighted by Crippen LogP contribution is 2.06. The van der Waals surface area contributed by atoms with Gasteiger partial charge in [-0.1, -0.05) is 55.5 Å². The zero-order valence-corrected chi connectivity index (χ0v) is 15.8. The summed E-state index contributed by atoms with van der Waals surface area (Å²) in [5.74, 6) is 0. The van der Waals surface area contributed by atoms with Crippen molar-refractivity contribution < 1.29 is 4.79 Å². The predicted molar refractivity (Wildman–Crippen MR) is 110 cm³/mol. The van der Waals surface area contributed by atoms with Crippen LogP contribution in [-0.4, -0.2) is 37.1 Å². The van der Waals surface area contributed by atoms with Crippen LogP contribution in [0.25, 0.3) is 0 Å². The molecule has 0 saturated heterocycles. The third-order valence-electron chi connectivity index (χ3n) is 4.32. The van der Waals surface area contributed by atoms with Gasteiger partial charge in [0, 0.05) is 18.8 Å². The Bertz CT molecular complexity index is 616. The van der Waals surface area contributed by atoms with Gasteiger partial charge in [-0.15, -0.1) is 0 Å². The monoisotopic (exact) mass is 353 g/mol. The fourth-order valence-corrected chi connectivity index (χ4v) is 2.99. The summed E-state index contributed by atoms with van der Waals surface area (Å²) in [5.41, 5.74) is 2.23. The molecule has 0 aliphatic heterocycles. The fraction of sp³-hybridized carbons (Fsp3) is 0.409. The standard InChI is InChI=1S/C22H31N3O/c1-2-17-25(18-10-9-13-20-11-5-3-6-12-20)19-16-23-22(26)24-21-14-7-4-8-15-21/h3-8,11-12,14-15H,2,9-10,13,16-19H2,1H3,(H2,23,24,26). The van der Waals surface area contributed by atoms with E-state index >= 15 is 0 Å². The summed E-state index contributed by atoms with van der Waals surface area (Å²) in [5, 5.41) is 5.79. The number of hydrogen-bond donors (Lipinski definition) is 2. The summed E-state index contributed by atoms with van der Waals surface area (Å²) >= 11 is 0. The van der Waals surface area contributed by atoms with E-state index in [1.807, 2.05) is 30.3 Å². The van der Waals surface area contributed by atoms with Crippen molar-refractivity contribution in [1.29, 1.82) is 0 Å². The highest BCUT2D eigenvalue weighted by atomic mass is 16.2. The van der Waals surface area contributed by atoms with Crippen LogP contribution in [0.4, 0.5) is 10.5 Å². The van der Waals surface area contributed by atoms with E-state index in [1.54, 1.807) is 0 Å². The highest BCUT2D eigenvalue weighted by Gasteiger charge is 2.05. The number of aryl methyl sites for hydroxylation is 1. The molecule has 2 aromatic rings. The third-order valence-corrected chi connectivity index (χ3v) is 4.32. The zero-order chi connectivity index (χ0) is 18.5. The SMILES string of the molecule is CCCN(CCCCc1ccccc1)CCNC(=O)Nc1ccccc1. The average molecular weight is 354 g/mol. The Balaban J connectivity index is 1.61. The lowest BCUT2D eigenvalue weighted by Crippen LogP contribution is -2.37. The molecule has 2 amide bonds. The van der Waals surface area contributed by atoms with Gasteiger partial charge in [-0.25, -0.2) is 4.79 Å². The van der Waals surface area contributed by atoms with Gasteiger partial charge in [-0.3, -0.25) is 0 Å². The number of nitrogens with zero attached hydrogens (tertiary/aromatic N) is 1. The Morgan fingerprint density at radius 3 is 2.27 bits per heavy atom. The normalized spacial score (nSPS) is 10.7. The molecule has 0 saturated carbocycles. The largest absolute Gasteiger partial charge is 0.337 e. The Labute approximate surface area is 157 Å². The smallest absolute Gasteiger partial charge is 0.319 e. The lowest BCUT2D eigenvalue weighted by atomic mass is 10.1. The number of carbonyl (C=O) groups excluding carboxylic acids is 1. The van der Waals surface area contributed by atoms with Crippen molar-refractivity contribution in [1.82, 2.24) is 10.2 Å². The quantitative estimate of drug-likeness (QED) is 0.582. The van der Waals surface area contributed by atoms with Crippen molar-refractivity contribution in [3.8, 4) is 0 Å². The fourth-order valence-electron chi connectivity index (χ4n) is 2.99. The zero-order valence-electron chi connectivity index (χ0n) is 15.8. The van der Waals surface area contributed by atoms with Crippen LogP contribution in [0.15, 0.2) is 60.7 Å². The first-order valence-electron chi connectivity index (χ1n) is 9.64. The van der Waals surface area contributed by atoms with Crippen molar-refractivity contribution in [3.63, 3.8) is 0 Å². The number of para-hydroxylation sites is 1. The molecule has 2 N–H and O–H groups in total. The summed E-state index contributed by atoms with van der Waals surface area (Å²) < 4.78 is 0. The van der Waals surface area contributed by atoms with E-state index in [9.17, 15) is 4.79 Å². The van der Waals surface area contributed by atoms with E-state index in [-0.39, 0.29) is 6.03 Å². The number of amides is 2. The molecule has 0 bridgehead atoms. The van der Waals surface area contributed by atoms with E-state index in [2.05, 4.69) is 52.8 Å². The second-order valence-electron chi connectivity index (χ2n) is 6.53. The van der Waals surface area contributed by atoms with Gasteiger partial charge in [0.05, 0.1) is 0 Å². The molecule has 140 valence electrons. The number of rotatable bonds is 11. The number of anilines is 1. The summed E-state index contributed by atoms with van der Waals surface area (Å²) in [4.78, 5) is 14.4. The van der Waals surface area contributed by atoms with Crippen molar-refractivity contribution in [2.75, 3.05) is 31.5 Å². The van der Waals surface area contributed by atoms with Gasteiger partial charge in [0.15, 0.2) is 0 Å². The summed E-state index contributed by atoms with van der Waals surface area (Å²) in [7, 11) is 0. The topological polar surface area (TPSA) is 44.4 Å². The number of urea groups is 1. The molecule has 2 aromatic carbocycles. The van der Waals surface area contributed by atoms with E-state index in [4.69, 9.17) is 0 Å². The molecule has 0 aliphatic carbocycles. The van der Waals surface area contributed by atoms with Gasteiger partial charge in [0.1, 0.15) is 0 Å². The minimum absolute atomic E-state index is 0.142. The third kappa shape index (κ3) is 8.17. The van der Waals surface area contributed by atoms with Crippen LogP contribution in [0.2, 0.25) is 0 Å². The minimum Gasteiger partial charge on any atom is -0.337 e. The van der Waals surface area contributed by atoms with Crippen molar-refractivity contribution in [2.24, 2.45) is 0 Å². The molecule has 4 nitrogen and oxygen atoms in total. The first kappa shape index (κ1) is 20.0. The molecule has 0 radical (unpaired) electrons. The first-order valence-corrected chi connectivity index (χ1v) is 9.64. The molecule has 26 heavy (non-hydrogen) atoms. The molecule has 2 rings (SSSR count). The first-order chi connectivity index (χ1) is 12.8. The van der Waals surface area contributed by atoms with Gasteiger partial charge >= 0.3 is 6.03 Å². The summed E-state index contributed by atoms with van der Waals surface area (Å²) in [6, 6.07) is 20.0. The number of benzene rings is 2. The number of unbranched alkanes of at least 4 members (excludes halogenated alkanes) is 1. The molecule has 4 heteroatoms. The van der Waals surface area contributed by atoms with E-state index in [0.717, 1.165) is 38.2 Å². The average Bonchev–Trinajstić information content (AvgIpc) is 2.67. The lowest BCUT2D eigenvalue weighted by Gasteiger charge is -2.22. The van der Waals surface area contributed by atoms with Crippen LogP contribution in [0, 0.1) is 0 Å². The molecule has 0 aliphatic rings. The van der Waals surface area contributed by atoms with Crippen molar-refractivity contribution in [2.45, 2.75) is 32.6 Å². The maximum absolute atomic E-state index is 11.9. The Morgan fingerprint density at radius 1 is 0.885 bits per heavy atom. The van der Waals surface area contributed by atoms with E-state index in [0.29, 0.717) is 6.54 Å². The molecular formula is C22H31N3O. The van der Waals surface area contributed by atoms with Crippen molar-refractivity contribution >= 4 is 11.7 Å². The van der Waals surface area contributed by atoms with Gasteiger partial charge in [0.25, 0.3) is 0 Å².